The minimum absolute atomic E-state index is 0.000824. The van der Waals surface area contributed by atoms with Gasteiger partial charge in [0.15, 0.2) is 5.71 Å². The maximum Gasteiger partial charge on any atom is 0.335 e. The molecule has 0 bridgehead atoms. The van der Waals surface area contributed by atoms with Crippen molar-refractivity contribution in [2.24, 2.45) is 5.10 Å². The normalized spacial score (nSPS) is 14.0. The minimum Gasteiger partial charge on any atom is -0.507 e. The van der Waals surface area contributed by atoms with Gasteiger partial charge in [0.05, 0.1) is 16.1 Å². The summed E-state index contributed by atoms with van der Waals surface area (Å²) >= 11 is 0. The van der Waals surface area contributed by atoms with Gasteiger partial charge < -0.3 is 20.8 Å². The second-order valence-corrected chi connectivity index (χ2v) is 12.3. The maximum atomic E-state index is 13.2. The van der Waals surface area contributed by atoms with Crippen molar-refractivity contribution in [1.82, 2.24) is 0 Å². The molecule has 4 aromatic rings. The molecule has 0 aliphatic heterocycles. The van der Waals surface area contributed by atoms with Crippen LogP contribution in [0, 0.1) is 0 Å². The third-order valence-corrected chi connectivity index (χ3v) is 8.15. The van der Waals surface area contributed by atoms with E-state index in [4.69, 9.17) is 5.11 Å². The molecule has 4 aromatic carbocycles. The van der Waals surface area contributed by atoms with Gasteiger partial charge in [-0.2, -0.15) is 21.9 Å². The molecule has 0 radical (unpaired) electrons. The van der Waals surface area contributed by atoms with Crippen molar-refractivity contribution >= 4 is 77.6 Å². The number of aromatic hydroxyl groups is 1. The Morgan fingerprint density at radius 2 is 1.38 bits per heavy atom. The number of hydrazone groups is 1. The van der Waals surface area contributed by atoms with Gasteiger partial charge in [0.2, 0.25) is 5.78 Å². The summed E-state index contributed by atoms with van der Waals surface area (Å²) in [5.41, 5.74) is 2.38. The first-order valence-electron chi connectivity index (χ1n) is 12.5. The molecule has 17 heteroatoms. The van der Waals surface area contributed by atoms with Crippen molar-refractivity contribution in [3.63, 3.8) is 0 Å². The molecule has 45 heavy (non-hydrogen) atoms. The molecule has 15 nitrogen and oxygen atoms in total. The molecule has 2 amide bonds. The van der Waals surface area contributed by atoms with Crippen LogP contribution in [-0.4, -0.2) is 59.6 Å². The predicted molar refractivity (Wildman–Crippen MR) is 163 cm³/mol. The van der Waals surface area contributed by atoms with E-state index in [0.29, 0.717) is 0 Å². The van der Waals surface area contributed by atoms with E-state index in [2.05, 4.69) is 21.2 Å². The smallest absolute Gasteiger partial charge is 0.335 e. The van der Waals surface area contributed by atoms with Crippen LogP contribution in [0.3, 0.4) is 0 Å². The minimum atomic E-state index is -4.96. The summed E-state index contributed by atoms with van der Waals surface area (Å²) in [4.78, 5) is 35.6. The number of hydrogen-bond acceptors (Lipinski definition) is 10. The van der Waals surface area contributed by atoms with E-state index in [9.17, 15) is 45.4 Å². The van der Waals surface area contributed by atoms with E-state index in [-0.39, 0.29) is 44.5 Å². The number of phenolic OH excluding ortho intramolecular Hbond substituents is 1. The number of ketones is 1. The van der Waals surface area contributed by atoms with Gasteiger partial charge in [0, 0.05) is 28.4 Å². The number of Topliss-reactive ketones (excluding diaryl/α,β-unsaturated/α-hetero) is 1. The molecule has 7 N–H and O–H groups in total. The van der Waals surface area contributed by atoms with Crippen molar-refractivity contribution in [3.05, 3.63) is 94.4 Å². The molecular weight excluding hydrogens is 632 g/mol. The lowest BCUT2D eigenvalue weighted by molar-refractivity contribution is 0.0696. The van der Waals surface area contributed by atoms with Crippen LogP contribution in [0.25, 0.3) is 16.8 Å². The Kier molecular flexibility index (Phi) is 7.86. The number of rotatable bonds is 7. The molecule has 1 aliphatic rings. The fraction of sp³-hybridized carbons (Fsp3) is 0. The number of fused-ring (bicyclic) bond motifs is 2. The van der Waals surface area contributed by atoms with Crippen LogP contribution in [0.15, 0.2) is 87.7 Å². The number of anilines is 3. The Hall–Kier alpha value is -5.62. The largest absolute Gasteiger partial charge is 0.507 e. The van der Waals surface area contributed by atoms with E-state index < -0.39 is 59.3 Å². The van der Waals surface area contributed by atoms with Gasteiger partial charge in [0.1, 0.15) is 10.7 Å². The van der Waals surface area contributed by atoms with E-state index in [1.54, 1.807) is 0 Å². The van der Waals surface area contributed by atoms with Gasteiger partial charge in [0.25, 0.3) is 20.2 Å². The number of amides is 2. The van der Waals surface area contributed by atoms with Crippen LogP contribution < -0.4 is 16.1 Å². The first-order valence-corrected chi connectivity index (χ1v) is 15.4. The lowest BCUT2D eigenvalue weighted by Gasteiger charge is -2.17. The summed E-state index contributed by atoms with van der Waals surface area (Å²) in [6, 6.07) is 14.5. The van der Waals surface area contributed by atoms with Gasteiger partial charge in [-0.15, -0.1) is 0 Å². The number of carboxylic acids is 1. The molecule has 0 saturated carbocycles. The van der Waals surface area contributed by atoms with Crippen LogP contribution in [0.2, 0.25) is 0 Å². The number of carboxylic acid groups (broad SMARTS) is 1. The van der Waals surface area contributed by atoms with Crippen LogP contribution in [0.4, 0.5) is 21.9 Å². The zero-order chi connectivity index (χ0) is 32.7. The summed E-state index contributed by atoms with van der Waals surface area (Å²) in [6.07, 6.45) is 0.992. The highest BCUT2D eigenvalue weighted by Gasteiger charge is 2.33. The fourth-order valence-electron chi connectivity index (χ4n) is 4.37. The molecule has 0 atom stereocenters. The standard InChI is InChI=1S/C28H20N4O11S2/c33-23-13-20(44(38,39)40)11-15-9-18(5-7-21(15)23)29-28(37)30-19-6-8-22-16(10-19)12-24(45(41,42)43)25(26(22)34)32-31-17-3-1-14(2-4-17)27(35)36/h1-13,31,33H,(H,35,36)(H2,29,30,37)(H,38,39,40)(H,41,42,43)/b32-25-. The molecule has 0 spiro atoms. The third-order valence-electron chi connectivity index (χ3n) is 6.46. The topological polar surface area (TPSA) is 249 Å². The van der Waals surface area contributed by atoms with Gasteiger partial charge in [-0.1, -0.05) is 0 Å². The molecule has 5 rings (SSSR count). The first-order chi connectivity index (χ1) is 21.1. The zero-order valence-electron chi connectivity index (χ0n) is 22.4. The van der Waals surface area contributed by atoms with Crippen LogP contribution in [-0.2, 0) is 20.2 Å². The van der Waals surface area contributed by atoms with Gasteiger partial charge in [-0.25, -0.2) is 9.59 Å². The molecule has 0 aromatic heterocycles. The van der Waals surface area contributed by atoms with E-state index >= 15 is 0 Å². The second-order valence-electron chi connectivity index (χ2n) is 9.50. The highest BCUT2D eigenvalue weighted by atomic mass is 32.2. The molecule has 0 heterocycles. The molecule has 0 unspecified atom stereocenters. The first kappa shape index (κ1) is 30.8. The number of urea groups is 1. The molecule has 230 valence electrons. The number of carbonyl (C=O) groups is 3. The number of phenols is 1. The lowest BCUT2D eigenvalue weighted by atomic mass is 9.94. The van der Waals surface area contributed by atoms with Crippen molar-refractivity contribution in [2.45, 2.75) is 4.90 Å². The van der Waals surface area contributed by atoms with Gasteiger partial charge in [-0.05, 0) is 83.8 Å². The SMILES string of the molecule is O=C(Nc1ccc2c(c1)C=C(S(=O)(=O)O)/C(=N/Nc1ccc(C(=O)O)cc1)C2=O)Nc1ccc2c(O)cc(S(=O)(=O)O)cc2c1. The van der Waals surface area contributed by atoms with Crippen LogP contribution >= 0.6 is 0 Å². The fourth-order valence-corrected chi connectivity index (χ4v) is 5.56. The zero-order valence-corrected chi connectivity index (χ0v) is 24.0. The van der Waals surface area contributed by atoms with Crippen LogP contribution in [0.5, 0.6) is 5.75 Å². The Morgan fingerprint density at radius 3 is 2.00 bits per heavy atom. The lowest BCUT2D eigenvalue weighted by Crippen LogP contribution is -2.27. The quantitative estimate of drug-likeness (QED) is 0.110. The average Bonchev–Trinajstić information content (AvgIpc) is 2.95. The number of hydrogen-bond donors (Lipinski definition) is 7. The summed E-state index contributed by atoms with van der Waals surface area (Å²) < 4.78 is 66.4. The summed E-state index contributed by atoms with van der Waals surface area (Å²) in [5.74, 6) is -2.44. The Labute approximate surface area is 254 Å². The number of allylic oxidation sites excluding steroid dienone is 1. The maximum absolute atomic E-state index is 13.2. The van der Waals surface area contributed by atoms with Gasteiger partial charge in [-0.3, -0.25) is 19.3 Å². The van der Waals surface area contributed by atoms with Crippen molar-refractivity contribution in [1.29, 1.82) is 0 Å². The molecule has 0 saturated heterocycles. The second kappa shape index (κ2) is 11.5. The number of aromatic carboxylic acids is 1. The Balaban J connectivity index is 1.38. The van der Waals surface area contributed by atoms with Crippen molar-refractivity contribution < 1.29 is 50.5 Å². The molecule has 1 aliphatic carbocycles. The Bertz CT molecular complexity index is 2210. The van der Waals surface area contributed by atoms with E-state index in [0.717, 1.165) is 18.2 Å². The molecular formula is C28H20N4O11S2. The molecule has 0 fully saturated rings. The Morgan fingerprint density at radius 1 is 0.756 bits per heavy atom. The predicted octanol–water partition coefficient (Wildman–Crippen LogP) is 4.03. The highest BCUT2D eigenvalue weighted by Crippen LogP contribution is 2.31. The van der Waals surface area contributed by atoms with Crippen molar-refractivity contribution in [3.8, 4) is 5.75 Å². The van der Waals surface area contributed by atoms with Gasteiger partial charge >= 0.3 is 12.0 Å². The van der Waals surface area contributed by atoms with E-state index in [1.807, 2.05) is 0 Å². The van der Waals surface area contributed by atoms with Crippen LogP contribution in [0.1, 0.15) is 26.3 Å². The third kappa shape index (κ3) is 6.65. The number of benzene rings is 4. The highest BCUT2D eigenvalue weighted by molar-refractivity contribution is 7.91. The van der Waals surface area contributed by atoms with Crippen molar-refractivity contribution in [2.75, 3.05) is 16.1 Å². The van der Waals surface area contributed by atoms with E-state index in [1.165, 1.54) is 60.7 Å². The number of nitrogens with one attached hydrogen (secondary N) is 3. The summed E-state index contributed by atoms with van der Waals surface area (Å²) in [7, 11) is -9.57. The average molecular weight is 653 g/mol. The monoisotopic (exact) mass is 652 g/mol. The summed E-state index contributed by atoms with van der Waals surface area (Å²) in [6.45, 7) is 0. The summed E-state index contributed by atoms with van der Waals surface area (Å²) in [5, 5.41) is 28.4. The number of nitrogens with zero attached hydrogens (tertiary/aromatic N) is 1. The number of carbonyl (C=O) groups excluding carboxylic acids is 2.